The number of carbonyl (C=O) groups excluding carboxylic acids is 2. The lowest BCUT2D eigenvalue weighted by Gasteiger charge is -2.48. The third kappa shape index (κ3) is 6.00. The van der Waals surface area contributed by atoms with Gasteiger partial charge >= 0.3 is 0 Å². The van der Waals surface area contributed by atoms with E-state index in [4.69, 9.17) is 5.73 Å². The average Bonchev–Trinajstić information content (AvgIpc) is 2.85. The monoisotopic (exact) mass is 515 g/mol. The van der Waals surface area contributed by atoms with Crippen molar-refractivity contribution in [3.8, 4) is 0 Å². The van der Waals surface area contributed by atoms with Crippen molar-refractivity contribution in [1.29, 1.82) is 0 Å². The highest BCUT2D eigenvalue weighted by molar-refractivity contribution is 7.92. The highest BCUT2D eigenvalue weighted by atomic mass is 32.2. The van der Waals surface area contributed by atoms with Crippen LogP contribution in [0.5, 0.6) is 0 Å². The second-order valence-corrected chi connectivity index (χ2v) is 11.1. The molecule has 0 unspecified atom stereocenters. The summed E-state index contributed by atoms with van der Waals surface area (Å²) in [5.74, 6) is -0.483. The maximum atomic E-state index is 12.6. The number of carbonyl (C=O) groups is 2. The molecule has 1 aromatic heterocycles. The number of hydrogen-bond donors (Lipinski definition) is 3. The van der Waals surface area contributed by atoms with E-state index in [1.807, 2.05) is 4.90 Å². The summed E-state index contributed by atoms with van der Waals surface area (Å²) >= 11 is 0. The Labute approximate surface area is 211 Å². The number of hydrogen-bond acceptors (Lipinski definition) is 8. The number of likely N-dealkylation sites (tertiary alicyclic amines) is 2. The molecule has 1 aromatic carbocycles. The highest BCUT2D eigenvalue weighted by Crippen LogP contribution is 2.31. The minimum absolute atomic E-state index is 0.00504. The van der Waals surface area contributed by atoms with E-state index in [0.29, 0.717) is 37.3 Å². The minimum Gasteiger partial charge on any atom is -0.368 e. The predicted molar refractivity (Wildman–Crippen MR) is 136 cm³/mol. The molecule has 0 bridgehead atoms. The van der Waals surface area contributed by atoms with Gasteiger partial charge in [-0.3, -0.25) is 19.4 Å². The van der Waals surface area contributed by atoms with Gasteiger partial charge in [-0.2, -0.15) is 0 Å². The van der Waals surface area contributed by atoms with E-state index in [2.05, 4.69) is 24.9 Å². The molecule has 2 amide bonds. The van der Waals surface area contributed by atoms with Gasteiger partial charge in [-0.1, -0.05) is 6.42 Å². The van der Waals surface area contributed by atoms with Crippen molar-refractivity contribution < 1.29 is 18.0 Å². The molecular weight excluding hydrogens is 482 g/mol. The Bertz CT molecular complexity index is 1190. The minimum atomic E-state index is -3.86. The van der Waals surface area contributed by atoms with Gasteiger partial charge in [0.1, 0.15) is 5.54 Å². The molecule has 4 N–H and O–H groups in total. The summed E-state index contributed by atoms with van der Waals surface area (Å²) < 4.78 is 27.6. The Morgan fingerprint density at radius 2 is 1.69 bits per heavy atom. The molecule has 2 aliphatic heterocycles. The number of nitrogens with zero attached hydrogens (tertiary/aromatic N) is 4. The summed E-state index contributed by atoms with van der Waals surface area (Å²) in [5, 5.41) is 2.81. The highest BCUT2D eigenvalue weighted by Gasteiger charge is 2.45. The van der Waals surface area contributed by atoms with Crippen LogP contribution in [0, 0.1) is 6.92 Å². The molecule has 2 aliphatic rings. The molecule has 0 saturated carbocycles. The summed E-state index contributed by atoms with van der Waals surface area (Å²) in [6.07, 6.45) is 6.04. The maximum Gasteiger partial charge on any atom is 0.264 e. The number of aromatic nitrogens is 2. The molecular formula is C24H33N7O4S. The van der Waals surface area contributed by atoms with Crippen molar-refractivity contribution >= 4 is 33.5 Å². The second-order valence-electron chi connectivity index (χ2n) is 9.42. The Kier molecular flexibility index (Phi) is 7.86. The van der Waals surface area contributed by atoms with E-state index < -0.39 is 15.6 Å². The van der Waals surface area contributed by atoms with Crippen molar-refractivity contribution in [3.05, 3.63) is 42.2 Å². The molecule has 0 aliphatic carbocycles. The quantitative estimate of drug-likeness (QED) is 0.476. The lowest BCUT2D eigenvalue weighted by Crippen LogP contribution is -2.63. The fourth-order valence-corrected chi connectivity index (χ4v) is 5.87. The zero-order valence-corrected chi connectivity index (χ0v) is 21.3. The topological polar surface area (TPSA) is 151 Å². The standard InChI is InChI=1S/C24H33N7O4S/c1-18-9-12-26-23(27-18)29-36(34,35)20-7-5-19(6-8-20)28-21(32)17-30-15-10-24(11-16-30,22(25)33)31-13-3-2-4-14-31/h5-9,12H,2-4,10-11,13-17H2,1H3,(H2,25,33)(H,28,32)(H,26,27,29). The molecule has 36 heavy (non-hydrogen) atoms. The average molecular weight is 516 g/mol. The first kappa shape index (κ1) is 26.0. The van der Waals surface area contributed by atoms with Crippen molar-refractivity contribution in [2.45, 2.75) is 49.5 Å². The van der Waals surface area contributed by atoms with Gasteiger partial charge in [0.2, 0.25) is 17.8 Å². The third-order valence-electron chi connectivity index (χ3n) is 6.94. The lowest BCUT2D eigenvalue weighted by atomic mass is 9.83. The van der Waals surface area contributed by atoms with Crippen LogP contribution in [-0.4, -0.2) is 78.3 Å². The van der Waals surface area contributed by atoms with Gasteiger partial charge < -0.3 is 11.1 Å². The normalized spacial score (nSPS) is 18.9. The Morgan fingerprint density at radius 3 is 2.31 bits per heavy atom. The summed E-state index contributed by atoms with van der Waals surface area (Å²) in [6, 6.07) is 7.56. The first-order chi connectivity index (χ1) is 17.2. The number of nitrogens with two attached hydrogens (primary N) is 1. The number of anilines is 2. The molecule has 12 heteroatoms. The van der Waals surface area contributed by atoms with Crippen LogP contribution >= 0.6 is 0 Å². The second kappa shape index (κ2) is 10.9. The number of primary amides is 1. The Morgan fingerprint density at radius 1 is 1.03 bits per heavy atom. The molecule has 0 spiro atoms. The maximum absolute atomic E-state index is 12.6. The molecule has 0 radical (unpaired) electrons. The van der Waals surface area contributed by atoms with Gasteiger partial charge in [0.05, 0.1) is 11.4 Å². The number of amides is 2. The third-order valence-corrected chi connectivity index (χ3v) is 8.28. The largest absolute Gasteiger partial charge is 0.368 e. The molecule has 2 saturated heterocycles. The van der Waals surface area contributed by atoms with E-state index in [-0.39, 0.29) is 29.2 Å². The fraction of sp³-hybridized carbons (Fsp3) is 0.500. The summed E-state index contributed by atoms with van der Waals surface area (Å²) in [5.41, 5.74) is 6.35. The SMILES string of the molecule is Cc1ccnc(NS(=O)(=O)c2ccc(NC(=O)CN3CCC(C(N)=O)(N4CCCCC4)CC3)cc2)n1. The van der Waals surface area contributed by atoms with E-state index >= 15 is 0 Å². The first-order valence-corrected chi connectivity index (χ1v) is 13.7. The van der Waals surface area contributed by atoms with Crippen molar-refractivity contribution in [2.24, 2.45) is 5.73 Å². The van der Waals surface area contributed by atoms with E-state index in [1.54, 1.807) is 13.0 Å². The zero-order chi connectivity index (χ0) is 25.8. The zero-order valence-electron chi connectivity index (χ0n) is 20.4. The van der Waals surface area contributed by atoms with Crippen LogP contribution in [0.4, 0.5) is 11.6 Å². The van der Waals surface area contributed by atoms with Gasteiger partial charge in [0.25, 0.3) is 10.0 Å². The lowest BCUT2D eigenvalue weighted by molar-refractivity contribution is -0.135. The van der Waals surface area contributed by atoms with Crippen LogP contribution in [0.25, 0.3) is 0 Å². The van der Waals surface area contributed by atoms with Crippen molar-refractivity contribution in [2.75, 3.05) is 42.8 Å². The van der Waals surface area contributed by atoms with Crippen LogP contribution in [0.1, 0.15) is 37.8 Å². The van der Waals surface area contributed by atoms with Crippen LogP contribution < -0.4 is 15.8 Å². The van der Waals surface area contributed by atoms with Crippen LogP contribution in [-0.2, 0) is 19.6 Å². The molecule has 2 aromatic rings. The molecule has 11 nitrogen and oxygen atoms in total. The first-order valence-electron chi connectivity index (χ1n) is 12.2. The Hall–Kier alpha value is -3.09. The van der Waals surface area contributed by atoms with Gasteiger partial charge in [-0.25, -0.2) is 23.1 Å². The number of nitrogens with one attached hydrogen (secondary N) is 2. The number of rotatable bonds is 8. The van der Waals surface area contributed by atoms with E-state index in [1.165, 1.54) is 36.9 Å². The molecule has 0 atom stereocenters. The summed E-state index contributed by atoms with van der Waals surface area (Å²) in [4.78, 5) is 37.3. The summed E-state index contributed by atoms with van der Waals surface area (Å²) in [6.45, 7) is 4.92. The number of aryl methyl sites for hydroxylation is 1. The molecule has 2 fully saturated rings. The van der Waals surface area contributed by atoms with E-state index in [9.17, 15) is 18.0 Å². The van der Waals surface area contributed by atoms with Gasteiger partial charge in [0.15, 0.2) is 0 Å². The fourth-order valence-electron chi connectivity index (χ4n) is 4.92. The van der Waals surface area contributed by atoms with Crippen LogP contribution in [0.2, 0.25) is 0 Å². The number of piperidine rings is 2. The van der Waals surface area contributed by atoms with E-state index in [0.717, 1.165) is 25.9 Å². The predicted octanol–water partition coefficient (Wildman–Crippen LogP) is 1.33. The van der Waals surface area contributed by atoms with Crippen molar-refractivity contribution in [1.82, 2.24) is 19.8 Å². The van der Waals surface area contributed by atoms with Gasteiger partial charge in [0, 0.05) is 30.7 Å². The number of benzene rings is 1. The van der Waals surface area contributed by atoms with Crippen LogP contribution in [0.15, 0.2) is 41.4 Å². The van der Waals surface area contributed by atoms with Crippen LogP contribution in [0.3, 0.4) is 0 Å². The summed E-state index contributed by atoms with van der Waals surface area (Å²) in [7, 11) is -3.86. The Balaban J connectivity index is 1.30. The molecule has 3 heterocycles. The molecule has 4 rings (SSSR count). The number of sulfonamides is 1. The smallest absolute Gasteiger partial charge is 0.264 e. The molecule has 194 valence electrons. The van der Waals surface area contributed by atoms with Crippen molar-refractivity contribution in [3.63, 3.8) is 0 Å². The van der Waals surface area contributed by atoms with Gasteiger partial charge in [-0.05, 0) is 76.0 Å². The van der Waals surface area contributed by atoms with Gasteiger partial charge in [-0.15, -0.1) is 0 Å².